The molecule has 4 nitrogen and oxygen atoms in total. The molecule has 0 bridgehead atoms. The highest BCUT2D eigenvalue weighted by Gasteiger charge is 2.19. The summed E-state index contributed by atoms with van der Waals surface area (Å²) in [5.74, 6) is -1.16. The van der Waals surface area contributed by atoms with Gasteiger partial charge in [0.15, 0.2) is 0 Å². The topological polar surface area (TPSA) is 80.6 Å². The molecule has 0 unspecified atom stereocenters. The first-order chi connectivity index (χ1) is 6.11. The van der Waals surface area contributed by atoms with E-state index in [0.29, 0.717) is 5.57 Å². The fourth-order valence-electron chi connectivity index (χ4n) is 1.19. The average Bonchev–Trinajstić information content (AvgIpc) is 2.07. The molecule has 0 saturated heterocycles. The number of aliphatic hydroxyl groups is 2. The lowest BCUT2D eigenvalue weighted by Gasteiger charge is -2.21. The zero-order valence-electron chi connectivity index (χ0n) is 7.01. The summed E-state index contributed by atoms with van der Waals surface area (Å²) in [5, 5.41) is 28.7. The van der Waals surface area contributed by atoms with Gasteiger partial charge in [0.05, 0.1) is 0 Å². The normalized spacial score (nSPS) is 27.1. The predicted octanol–water partition coefficient (Wildman–Crippen LogP) is -1.27. The zero-order valence-corrected chi connectivity index (χ0v) is 7.01. The number of rotatable bonds is 3. The van der Waals surface area contributed by atoms with Crippen LogP contribution in [-0.4, -0.2) is 28.4 Å². The number of carbonyl (C=O) groups excluding carboxylic acids is 1. The maximum Gasteiger partial charge on any atom is 0.105 e. The lowest BCUT2D eigenvalue weighted by atomic mass is 9.95. The molecule has 0 aliphatic heterocycles. The highest BCUT2D eigenvalue weighted by Crippen LogP contribution is 2.17. The van der Waals surface area contributed by atoms with Gasteiger partial charge in [-0.2, -0.15) is 0 Å². The van der Waals surface area contributed by atoms with Gasteiger partial charge in [-0.15, -0.1) is 0 Å². The largest absolute Gasteiger partial charge is 0.550 e. The number of aliphatic carboxylic acids is 1. The molecule has 0 aromatic rings. The van der Waals surface area contributed by atoms with Crippen LogP contribution in [0.4, 0.5) is 0 Å². The Morgan fingerprint density at radius 2 is 2.23 bits per heavy atom. The summed E-state index contributed by atoms with van der Waals surface area (Å²) in [6.07, 6.45) is 2.83. The average molecular weight is 183 g/mol. The van der Waals surface area contributed by atoms with E-state index >= 15 is 0 Å². The smallest absolute Gasteiger partial charge is 0.105 e. The SMILES string of the molecule is O=C([O-])CCC1=CC=C[C@H](O)[C@@H]1O. The maximum absolute atomic E-state index is 10.1. The van der Waals surface area contributed by atoms with E-state index in [0.717, 1.165) is 0 Å². The summed E-state index contributed by atoms with van der Waals surface area (Å²) in [6, 6.07) is 0. The number of carboxylic acid groups (broad SMARTS) is 1. The standard InChI is InChI=1S/C9H12O4/c10-7-3-1-2-6(9(7)13)4-5-8(11)12/h1-3,7,9-10,13H,4-5H2,(H,11,12)/p-1/t7-,9+/m0/s1. The summed E-state index contributed by atoms with van der Waals surface area (Å²) in [4.78, 5) is 10.1. The lowest BCUT2D eigenvalue weighted by molar-refractivity contribution is -0.305. The van der Waals surface area contributed by atoms with Crippen molar-refractivity contribution in [3.05, 3.63) is 23.8 Å². The van der Waals surface area contributed by atoms with Crippen LogP contribution in [0.3, 0.4) is 0 Å². The van der Waals surface area contributed by atoms with Crippen LogP contribution in [0.1, 0.15) is 12.8 Å². The minimum atomic E-state index is -1.16. The summed E-state index contributed by atoms with van der Waals surface area (Å²) in [6.45, 7) is 0. The first kappa shape index (κ1) is 9.95. The first-order valence-electron chi connectivity index (χ1n) is 4.04. The van der Waals surface area contributed by atoms with Crippen LogP contribution in [0.25, 0.3) is 0 Å². The molecular weight excluding hydrogens is 172 g/mol. The van der Waals surface area contributed by atoms with Crippen molar-refractivity contribution in [2.45, 2.75) is 25.0 Å². The first-order valence-corrected chi connectivity index (χ1v) is 4.04. The van der Waals surface area contributed by atoms with Gasteiger partial charge in [0, 0.05) is 5.97 Å². The molecule has 1 rings (SSSR count). The van der Waals surface area contributed by atoms with Gasteiger partial charge in [-0.05, 0) is 18.4 Å². The second kappa shape index (κ2) is 4.20. The Kier molecular flexibility index (Phi) is 3.22. The van der Waals surface area contributed by atoms with Crippen LogP contribution in [-0.2, 0) is 4.79 Å². The van der Waals surface area contributed by atoms with Crippen molar-refractivity contribution in [2.75, 3.05) is 0 Å². The molecule has 0 aromatic carbocycles. The number of carbonyl (C=O) groups is 1. The van der Waals surface area contributed by atoms with Gasteiger partial charge in [0.1, 0.15) is 12.2 Å². The highest BCUT2D eigenvalue weighted by atomic mass is 16.4. The minimum absolute atomic E-state index is 0.135. The lowest BCUT2D eigenvalue weighted by Crippen LogP contribution is -2.29. The van der Waals surface area contributed by atoms with E-state index in [4.69, 9.17) is 0 Å². The van der Waals surface area contributed by atoms with Crippen molar-refractivity contribution < 1.29 is 20.1 Å². The Hall–Kier alpha value is -1.13. The molecule has 0 spiro atoms. The van der Waals surface area contributed by atoms with Gasteiger partial charge < -0.3 is 20.1 Å². The quantitative estimate of drug-likeness (QED) is 0.572. The molecule has 0 fully saturated rings. The van der Waals surface area contributed by atoms with Crippen LogP contribution >= 0.6 is 0 Å². The van der Waals surface area contributed by atoms with Crippen molar-refractivity contribution in [3.63, 3.8) is 0 Å². The third kappa shape index (κ3) is 2.68. The van der Waals surface area contributed by atoms with E-state index < -0.39 is 18.2 Å². The molecule has 2 N–H and O–H groups in total. The second-order valence-electron chi connectivity index (χ2n) is 2.93. The third-order valence-corrected chi connectivity index (χ3v) is 1.94. The number of hydrogen-bond donors (Lipinski definition) is 2. The summed E-state index contributed by atoms with van der Waals surface area (Å²) in [5.41, 5.74) is 0.527. The minimum Gasteiger partial charge on any atom is -0.550 e. The van der Waals surface area contributed by atoms with E-state index in [-0.39, 0.29) is 12.8 Å². The predicted molar refractivity (Wildman–Crippen MR) is 43.5 cm³/mol. The molecule has 0 aromatic heterocycles. The molecule has 0 saturated carbocycles. The van der Waals surface area contributed by atoms with Crippen molar-refractivity contribution in [2.24, 2.45) is 0 Å². The number of aliphatic hydroxyl groups excluding tert-OH is 2. The highest BCUT2D eigenvalue weighted by molar-refractivity contribution is 5.64. The number of allylic oxidation sites excluding steroid dienone is 2. The molecule has 0 heterocycles. The van der Waals surface area contributed by atoms with Gasteiger partial charge in [-0.25, -0.2) is 0 Å². The van der Waals surface area contributed by atoms with E-state index in [1.54, 1.807) is 12.2 Å². The molecule has 72 valence electrons. The Labute approximate surface area is 75.8 Å². The summed E-state index contributed by atoms with van der Waals surface area (Å²) < 4.78 is 0. The van der Waals surface area contributed by atoms with Crippen molar-refractivity contribution in [3.8, 4) is 0 Å². The number of carboxylic acids is 1. The maximum atomic E-state index is 10.1. The monoisotopic (exact) mass is 183 g/mol. The van der Waals surface area contributed by atoms with Gasteiger partial charge in [0.2, 0.25) is 0 Å². The van der Waals surface area contributed by atoms with Crippen molar-refractivity contribution >= 4 is 5.97 Å². The third-order valence-electron chi connectivity index (χ3n) is 1.94. The summed E-state index contributed by atoms with van der Waals surface area (Å²) in [7, 11) is 0. The fourth-order valence-corrected chi connectivity index (χ4v) is 1.19. The molecule has 0 radical (unpaired) electrons. The fraction of sp³-hybridized carbons (Fsp3) is 0.444. The Balaban J connectivity index is 2.53. The second-order valence-corrected chi connectivity index (χ2v) is 2.93. The van der Waals surface area contributed by atoms with E-state index in [2.05, 4.69) is 0 Å². The van der Waals surface area contributed by atoms with Crippen molar-refractivity contribution in [1.29, 1.82) is 0 Å². The van der Waals surface area contributed by atoms with E-state index in [1.807, 2.05) is 0 Å². The van der Waals surface area contributed by atoms with E-state index in [1.165, 1.54) is 6.08 Å². The Morgan fingerprint density at radius 1 is 1.54 bits per heavy atom. The Bertz CT molecular complexity index is 254. The van der Waals surface area contributed by atoms with Gasteiger partial charge in [-0.1, -0.05) is 18.2 Å². The van der Waals surface area contributed by atoms with Gasteiger partial charge in [0.25, 0.3) is 0 Å². The van der Waals surface area contributed by atoms with Crippen LogP contribution in [0, 0.1) is 0 Å². The van der Waals surface area contributed by atoms with Gasteiger partial charge in [-0.3, -0.25) is 0 Å². The molecule has 1 aliphatic carbocycles. The van der Waals surface area contributed by atoms with Crippen LogP contribution < -0.4 is 5.11 Å². The summed E-state index contributed by atoms with van der Waals surface area (Å²) >= 11 is 0. The van der Waals surface area contributed by atoms with Crippen LogP contribution in [0.2, 0.25) is 0 Å². The molecule has 1 aliphatic rings. The molecule has 0 amide bonds. The molecule has 4 heteroatoms. The van der Waals surface area contributed by atoms with E-state index in [9.17, 15) is 20.1 Å². The Morgan fingerprint density at radius 3 is 2.85 bits per heavy atom. The van der Waals surface area contributed by atoms with Crippen LogP contribution in [0.5, 0.6) is 0 Å². The zero-order chi connectivity index (χ0) is 9.84. The van der Waals surface area contributed by atoms with Crippen LogP contribution in [0.15, 0.2) is 23.8 Å². The molecule has 2 atom stereocenters. The molecule has 13 heavy (non-hydrogen) atoms. The van der Waals surface area contributed by atoms with Gasteiger partial charge >= 0.3 is 0 Å². The molecular formula is C9H11O4-. The number of hydrogen-bond acceptors (Lipinski definition) is 4. The van der Waals surface area contributed by atoms with Crippen molar-refractivity contribution in [1.82, 2.24) is 0 Å².